The number of rotatable bonds is 23. The fraction of sp³-hybridized carbons (Fsp3) is 0.217. The SMILES string of the molecule is C=Cc1nc2c(C(N)=O)c(C)c(N=Nc3cc(C)c(N=Nc4cc(C)c(N=Nc5ccc(N=Nc6ccc(S(=O)(=O)O)cc6)cc5S(=O)(=O)O)cc4OCCCS(=O)(=O)O)cc3OCCCS(=O)(=O)O)c(O)n2c1/C=C\C. The number of aromatic hydroxyl groups is 1. The number of hydrogen-bond acceptors (Lipinski definition) is 21. The van der Waals surface area contributed by atoms with Gasteiger partial charge in [0.25, 0.3) is 46.4 Å². The number of fused-ring (bicyclic) bond motifs is 1. The van der Waals surface area contributed by atoms with Crippen LogP contribution in [-0.2, 0) is 40.5 Å². The second-order valence-electron chi connectivity index (χ2n) is 16.4. The van der Waals surface area contributed by atoms with Crippen molar-refractivity contribution in [3.63, 3.8) is 0 Å². The van der Waals surface area contributed by atoms with Gasteiger partial charge in [-0.2, -0.15) is 54.1 Å². The third-order valence-electron chi connectivity index (χ3n) is 10.7. The summed E-state index contributed by atoms with van der Waals surface area (Å²) in [7, 11) is -18.2. The van der Waals surface area contributed by atoms with Gasteiger partial charge in [0.15, 0.2) is 5.65 Å². The van der Waals surface area contributed by atoms with E-state index in [1.165, 1.54) is 65.9 Å². The Morgan fingerprint density at radius 1 is 0.662 bits per heavy atom. The number of carbonyl (C=O) groups excluding carboxylic acids is 1. The molecule has 0 saturated heterocycles. The van der Waals surface area contributed by atoms with E-state index in [0.29, 0.717) is 22.5 Å². The van der Waals surface area contributed by atoms with Crippen LogP contribution in [-0.4, -0.2) is 97.0 Å². The fourth-order valence-corrected chi connectivity index (χ4v) is 9.11. The predicted molar refractivity (Wildman–Crippen MR) is 280 cm³/mol. The smallest absolute Gasteiger partial charge is 0.296 e. The summed E-state index contributed by atoms with van der Waals surface area (Å²) in [5, 5.41) is 45.0. The number of ether oxygens (including phenoxy) is 2. The van der Waals surface area contributed by atoms with Crippen molar-refractivity contribution >= 4 is 110 Å². The van der Waals surface area contributed by atoms with Crippen LogP contribution in [0.3, 0.4) is 0 Å². The summed E-state index contributed by atoms with van der Waals surface area (Å²) >= 11 is 0. The first kappa shape index (κ1) is 58.2. The number of pyridine rings is 1. The van der Waals surface area contributed by atoms with Crippen molar-refractivity contribution in [2.75, 3.05) is 24.7 Å². The van der Waals surface area contributed by atoms with Crippen LogP contribution in [0.25, 0.3) is 17.8 Å². The highest BCUT2D eigenvalue weighted by Gasteiger charge is 2.25. The zero-order valence-corrected chi connectivity index (χ0v) is 44.2. The van der Waals surface area contributed by atoms with Gasteiger partial charge in [-0.15, -0.1) is 20.5 Å². The van der Waals surface area contributed by atoms with Crippen molar-refractivity contribution < 1.29 is 71.3 Å². The van der Waals surface area contributed by atoms with Crippen LogP contribution in [0.1, 0.15) is 58.2 Å². The van der Waals surface area contributed by atoms with Crippen molar-refractivity contribution in [2.24, 2.45) is 46.6 Å². The molecule has 0 aliphatic rings. The topological polar surface area (TPSA) is 415 Å². The maximum absolute atomic E-state index is 12.8. The van der Waals surface area contributed by atoms with E-state index in [0.717, 1.165) is 18.2 Å². The standard InChI is InChI=1S/C46H47N11O16S4/c1-6-10-38-32(7-2)48-45-42(44(47)58)28(5)43(46(59)57(38)45)56-55-37-22-27(4)35(25-40(37)73-18-9-20-75(63,64)65)53-54-36-21-26(3)34(24-39(36)72-17-8-19-74(60,61)62)52-51-33-16-13-30(23-41(33)77(69,70)71)50-49-29-11-14-31(15-12-29)76(66,67)68/h6-7,10-16,21-25,59H,2,8-9,17-20H2,1,3-5H3,(H2,47,58)(H,60,61,62)(H,63,64,65)(H,66,67,68)(H,69,70,71)/b10-6-,50-49?,52-51?,54-53?,56-55?. The molecule has 1 amide bonds. The molecule has 31 heteroatoms. The zero-order chi connectivity index (χ0) is 56.6. The van der Waals surface area contributed by atoms with Crippen molar-refractivity contribution in [1.29, 1.82) is 0 Å². The van der Waals surface area contributed by atoms with Crippen molar-refractivity contribution in [1.82, 2.24) is 9.38 Å². The summed E-state index contributed by atoms with van der Waals surface area (Å²) < 4.78 is 145. The monoisotopic (exact) mass is 1140 g/mol. The summed E-state index contributed by atoms with van der Waals surface area (Å²) in [6, 6.07) is 13.6. The van der Waals surface area contributed by atoms with Gasteiger partial charge in [0, 0.05) is 12.1 Å². The number of carbonyl (C=O) groups is 1. The number of imidazole rings is 1. The number of amides is 1. The number of nitrogens with zero attached hydrogens (tertiary/aromatic N) is 10. The van der Waals surface area contributed by atoms with E-state index >= 15 is 0 Å². The summed E-state index contributed by atoms with van der Waals surface area (Å²) in [6.07, 6.45) is 4.38. The molecule has 0 unspecified atom stereocenters. The van der Waals surface area contributed by atoms with Gasteiger partial charge < -0.3 is 20.3 Å². The molecule has 4 aromatic carbocycles. The Morgan fingerprint density at radius 2 is 1.16 bits per heavy atom. The number of azo groups is 4. The molecule has 0 spiro atoms. The lowest BCUT2D eigenvalue weighted by Gasteiger charge is -2.13. The number of aryl methyl sites for hydroxylation is 2. The molecule has 7 N–H and O–H groups in total. The molecule has 0 radical (unpaired) electrons. The molecule has 6 rings (SSSR count). The minimum absolute atomic E-state index is 0.0230. The first-order valence-electron chi connectivity index (χ1n) is 22.2. The van der Waals surface area contributed by atoms with Crippen LogP contribution in [0.5, 0.6) is 17.4 Å². The lowest BCUT2D eigenvalue weighted by molar-refractivity contribution is 0.100. The van der Waals surface area contributed by atoms with Gasteiger partial charge in [-0.3, -0.25) is 27.4 Å². The van der Waals surface area contributed by atoms with E-state index in [-0.39, 0.29) is 99.8 Å². The van der Waals surface area contributed by atoms with Gasteiger partial charge in [0.2, 0.25) is 5.88 Å². The maximum Gasteiger partial charge on any atom is 0.296 e. The van der Waals surface area contributed by atoms with Crippen molar-refractivity contribution in [3.8, 4) is 17.4 Å². The molecule has 6 aromatic rings. The van der Waals surface area contributed by atoms with E-state index in [4.69, 9.17) is 15.2 Å². The molecular formula is C46H47N11O16S4. The largest absolute Gasteiger partial charge is 0.493 e. The van der Waals surface area contributed by atoms with Gasteiger partial charge in [-0.05, 0) is 124 Å². The Labute approximate surface area is 440 Å². The summed E-state index contributed by atoms with van der Waals surface area (Å²) in [4.78, 5) is 16.1. The van der Waals surface area contributed by atoms with Gasteiger partial charge in [0.1, 0.15) is 39.1 Å². The van der Waals surface area contributed by atoms with Gasteiger partial charge in [-0.1, -0.05) is 12.7 Å². The highest BCUT2D eigenvalue weighted by Crippen LogP contribution is 2.43. The number of nitrogens with two attached hydrogens (primary N) is 1. The van der Waals surface area contributed by atoms with Crippen LogP contribution in [0.15, 0.2) is 130 Å². The average Bonchev–Trinajstić information content (AvgIpc) is 3.74. The average molecular weight is 1140 g/mol. The number of benzene rings is 4. The Balaban J connectivity index is 1.38. The van der Waals surface area contributed by atoms with E-state index in [1.54, 1.807) is 32.9 Å². The highest BCUT2D eigenvalue weighted by molar-refractivity contribution is 7.86. The molecule has 406 valence electrons. The fourth-order valence-electron chi connectivity index (χ4n) is 7.02. The molecule has 0 bridgehead atoms. The minimum Gasteiger partial charge on any atom is -0.493 e. The minimum atomic E-state index is -4.97. The van der Waals surface area contributed by atoms with Crippen molar-refractivity contribution in [3.05, 3.63) is 113 Å². The first-order valence-corrected chi connectivity index (χ1v) is 28.3. The Hall–Kier alpha value is -8.04. The molecule has 27 nitrogen and oxygen atoms in total. The number of allylic oxidation sites excluding steroid dienone is 1. The second-order valence-corrected chi connectivity index (χ2v) is 22.3. The number of primary amides is 1. The summed E-state index contributed by atoms with van der Waals surface area (Å²) in [5.74, 6) is -2.74. The van der Waals surface area contributed by atoms with Crippen LogP contribution < -0.4 is 15.2 Å². The maximum atomic E-state index is 12.8. The molecule has 0 fully saturated rings. The van der Waals surface area contributed by atoms with Crippen LogP contribution in [0, 0.1) is 20.8 Å². The van der Waals surface area contributed by atoms with E-state index in [1.807, 2.05) is 0 Å². The Morgan fingerprint density at radius 3 is 1.64 bits per heavy atom. The highest BCUT2D eigenvalue weighted by atomic mass is 32.2. The van der Waals surface area contributed by atoms with E-state index in [2.05, 4.69) is 52.5 Å². The number of aromatic nitrogens is 2. The number of hydrogen-bond donors (Lipinski definition) is 6. The van der Waals surface area contributed by atoms with Gasteiger partial charge in [0.05, 0.1) is 69.3 Å². The van der Waals surface area contributed by atoms with E-state index < -0.39 is 73.6 Å². The normalized spacial score (nSPS) is 12.8. The molecule has 0 aliphatic carbocycles. The molecule has 0 aliphatic heterocycles. The van der Waals surface area contributed by atoms with Crippen LogP contribution in [0.4, 0.5) is 45.5 Å². The van der Waals surface area contributed by atoms with Crippen LogP contribution in [0.2, 0.25) is 0 Å². The molecule has 2 heterocycles. The van der Waals surface area contributed by atoms with E-state index in [9.17, 15) is 61.8 Å². The van der Waals surface area contributed by atoms with Crippen LogP contribution >= 0.6 is 0 Å². The molecule has 0 saturated carbocycles. The summed E-state index contributed by atoms with van der Waals surface area (Å²) in [5.41, 5.74) is 7.13. The van der Waals surface area contributed by atoms with Gasteiger partial charge in [-0.25, -0.2) is 4.98 Å². The molecule has 0 atom stereocenters. The predicted octanol–water partition coefficient (Wildman–Crippen LogP) is 10.2. The van der Waals surface area contributed by atoms with Gasteiger partial charge >= 0.3 is 0 Å². The third kappa shape index (κ3) is 15.1. The Kier molecular flexibility index (Phi) is 18.1. The molecular weight excluding hydrogens is 1090 g/mol. The summed E-state index contributed by atoms with van der Waals surface area (Å²) in [6.45, 7) is 9.61. The Bertz CT molecular complexity index is 3940. The lowest BCUT2D eigenvalue weighted by Crippen LogP contribution is -2.15. The lowest BCUT2D eigenvalue weighted by atomic mass is 10.1. The third-order valence-corrected chi connectivity index (χ3v) is 14.0. The quantitative estimate of drug-likeness (QED) is 0.0197. The van der Waals surface area contributed by atoms with Crippen molar-refractivity contribution in [2.45, 2.75) is 50.3 Å². The first-order chi connectivity index (χ1) is 36.1. The second kappa shape index (κ2) is 23.9. The molecule has 2 aromatic heterocycles. The molecule has 77 heavy (non-hydrogen) atoms. The zero-order valence-electron chi connectivity index (χ0n) is 40.9.